The quantitative estimate of drug-likeness (QED) is 0.779. The van der Waals surface area contributed by atoms with E-state index in [0.29, 0.717) is 13.0 Å². The molecule has 0 spiro atoms. The van der Waals surface area contributed by atoms with Crippen molar-refractivity contribution in [3.05, 3.63) is 34.3 Å². The van der Waals surface area contributed by atoms with Gasteiger partial charge in [-0.1, -0.05) is 28.1 Å². The molecule has 0 heterocycles. The van der Waals surface area contributed by atoms with Crippen LogP contribution in [0.25, 0.3) is 0 Å². The van der Waals surface area contributed by atoms with Crippen LogP contribution in [0, 0.1) is 0 Å². The Morgan fingerprint density at radius 3 is 2.52 bits per heavy atom. The molecule has 1 rings (SSSR count). The lowest BCUT2D eigenvalue weighted by Gasteiger charge is -2.29. The van der Waals surface area contributed by atoms with Crippen molar-refractivity contribution in [2.75, 3.05) is 26.7 Å². The molecular formula is C16H26BrN3O. The third kappa shape index (κ3) is 5.77. The molecule has 4 nitrogen and oxygen atoms in total. The highest BCUT2D eigenvalue weighted by atomic mass is 79.9. The summed E-state index contributed by atoms with van der Waals surface area (Å²) in [4.78, 5) is 16.2. The van der Waals surface area contributed by atoms with Crippen molar-refractivity contribution in [1.29, 1.82) is 0 Å². The summed E-state index contributed by atoms with van der Waals surface area (Å²) < 4.78 is 1.07. The number of hydrogen-bond donors (Lipinski definition) is 1. The van der Waals surface area contributed by atoms with Gasteiger partial charge in [0.15, 0.2) is 0 Å². The fraction of sp³-hybridized carbons (Fsp3) is 0.562. The number of carbonyl (C=O) groups excluding carboxylic acids is 1. The molecule has 21 heavy (non-hydrogen) atoms. The van der Waals surface area contributed by atoms with Crippen LogP contribution in [-0.2, 0) is 11.3 Å². The number of hydrogen-bond acceptors (Lipinski definition) is 3. The molecule has 0 radical (unpaired) electrons. The summed E-state index contributed by atoms with van der Waals surface area (Å²) in [5, 5.41) is 0. The van der Waals surface area contributed by atoms with Gasteiger partial charge < -0.3 is 10.6 Å². The largest absolute Gasteiger partial charge is 0.343 e. The Kier molecular flexibility index (Phi) is 7.93. The lowest BCUT2D eigenvalue weighted by Crippen LogP contribution is -2.42. The van der Waals surface area contributed by atoms with Gasteiger partial charge >= 0.3 is 0 Å². The van der Waals surface area contributed by atoms with E-state index in [9.17, 15) is 4.79 Å². The van der Waals surface area contributed by atoms with Crippen LogP contribution in [0.3, 0.4) is 0 Å². The number of rotatable bonds is 8. The minimum Gasteiger partial charge on any atom is -0.343 e. The molecule has 0 saturated carbocycles. The molecule has 1 amide bonds. The summed E-state index contributed by atoms with van der Waals surface area (Å²) in [5.41, 5.74) is 7.08. The van der Waals surface area contributed by atoms with E-state index in [-0.39, 0.29) is 11.9 Å². The van der Waals surface area contributed by atoms with Crippen molar-refractivity contribution in [2.24, 2.45) is 5.73 Å². The highest BCUT2D eigenvalue weighted by Gasteiger charge is 2.20. The van der Waals surface area contributed by atoms with Crippen LogP contribution < -0.4 is 5.73 Å². The predicted octanol–water partition coefficient (Wildman–Crippen LogP) is 2.47. The zero-order valence-corrected chi connectivity index (χ0v) is 14.8. The molecule has 0 saturated heterocycles. The zero-order valence-electron chi connectivity index (χ0n) is 13.2. The highest BCUT2D eigenvalue weighted by molar-refractivity contribution is 9.10. The summed E-state index contributed by atoms with van der Waals surface area (Å²) in [7, 11) is 2.02. The van der Waals surface area contributed by atoms with E-state index in [0.717, 1.165) is 24.1 Å². The second kappa shape index (κ2) is 9.18. The standard InChI is InChI=1S/C16H26BrN3O/c1-4-20(5-2)16(21)10-15(11-18)19(3)12-13-7-6-8-14(17)9-13/h6-9,15H,4-5,10-12,18H2,1-3H3. The molecule has 0 aromatic heterocycles. The van der Waals surface area contributed by atoms with Crippen molar-refractivity contribution in [3.63, 3.8) is 0 Å². The summed E-state index contributed by atoms with van der Waals surface area (Å²) in [5.74, 6) is 0.177. The SMILES string of the molecule is CCN(CC)C(=O)CC(CN)N(C)Cc1cccc(Br)c1. The minimum atomic E-state index is 0.0667. The first-order valence-electron chi connectivity index (χ1n) is 7.44. The second-order valence-corrected chi connectivity index (χ2v) is 6.12. The van der Waals surface area contributed by atoms with Crippen molar-refractivity contribution >= 4 is 21.8 Å². The van der Waals surface area contributed by atoms with Crippen LogP contribution in [0.1, 0.15) is 25.8 Å². The maximum Gasteiger partial charge on any atom is 0.224 e. The maximum atomic E-state index is 12.2. The van der Waals surface area contributed by atoms with Gasteiger partial charge in [-0.2, -0.15) is 0 Å². The summed E-state index contributed by atoms with van der Waals surface area (Å²) in [6.45, 7) is 6.78. The third-order valence-electron chi connectivity index (χ3n) is 3.74. The smallest absolute Gasteiger partial charge is 0.224 e. The van der Waals surface area contributed by atoms with Gasteiger partial charge in [-0.15, -0.1) is 0 Å². The van der Waals surface area contributed by atoms with Crippen molar-refractivity contribution < 1.29 is 4.79 Å². The van der Waals surface area contributed by atoms with Crippen molar-refractivity contribution in [1.82, 2.24) is 9.80 Å². The van der Waals surface area contributed by atoms with Gasteiger partial charge in [0.1, 0.15) is 0 Å². The van der Waals surface area contributed by atoms with Gasteiger partial charge in [0.05, 0.1) is 0 Å². The van der Waals surface area contributed by atoms with Crippen LogP contribution in [0.15, 0.2) is 28.7 Å². The minimum absolute atomic E-state index is 0.0667. The topological polar surface area (TPSA) is 49.6 Å². The molecule has 2 N–H and O–H groups in total. The molecule has 0 aliphatic rings. The molecular weight excluding hydrogens is 330 g/mol. The maximum absolute atomic E-state index is 12.2. The Morgan fingerprint density at radius 2 is 2.00 bits per heavy atom. The molecule has 0 fully saturated rings. The predicted molar refractivity (Wildman–Crippen MR) is 91.0 cm³/mol. The number of benzene rings is 1. The van der Waals surface area contributed by atoms with E-state index in [2.05, 4.69) is 33.0 Å². The number of carbonyl (C=O) groups is 1. The molecule has 0 aliphatic heterocycles. The lowest BCUT2D eigenvalue weighted by molar-refractivity contribution is -0.132. The Bertz CT molecular complexity index is 449. The number of amides is 1. The number of likely N-dealkylation sites (N-methyl/N-ethyl adjacent to an activating group) is 1. The molecule has 1 aromatic carbocycles. The van der Waals surface area contributed by atoms with Gasteiger partial charge in [-0.05, 0) is 38.6 Å². The van der Waals surface area contributed by atoms with E-state index >= 15 is 0 Å². The van der Waals surface area contributed by atoms with Gasteiger partial charge in [0, 0.05) is 43.1 Å². The molecule has 0 bridgehead atoms. The Morgan fingerprint density at radius 1 is 1.33 bits per heavy atom. The molecule has 118 valence electrons. The van der Waals surface area contributed by atoms with E-state index in [4.69, 9.17) is 5.73 Å². The number of halogens is 1. The first-order chi connectivity index (χ1) is 10.0. The van der Waals surface area contributed by atoms with Crippen LogP contribution >= 0.6 is 15.9 Å². The van der Waals surface area contributed by atoms with Gasteiger partial charge in [0.25, 0.3) is 0 Å². The van der Waals surface area contributed by atoms with Crippen LogP contribution in [0.4, 0.5) is 0 Å². The number of nitrogens with two attached hydrogens (primary N) is 1. The van der Waals surface area contributed by atoms with Crippen LogP contribution in [0.2, 0.25) is 0 Å². The van der Waals surface area contributed by atoms with E-state index < -0.39 is 0 Å². The summed E-state index contributed by atoms with van der Waals surface area (Å²) in [6.07, 6.45) is 0.475. The molecule has 1 atom stereocenters. The fourth-order valence-electron chi connectivity index (χ4n) is 2.38. The number of nitrogens with zero attached hydrogens (tertiary/aromatic N) is 2. The average molecular weight is 356 g/mol. The van der Waals surface area contributed by atoms with E-state index in [1.165, 1.54) is 5.56 Å². The monoisotopic (exact) mass is 355 g/mol. The summed E-state index contributed by atoms with van der Waals surface area (Å²) >= 11 is 3.48. The normalized spacial score (nSPS) is 12.5. The lowest BCUT2D eigenvalue weighted by atomic mass is 10.1. The van der Waals surface area contributed by atoms with E-state index in [1.807, 2.05) is 37.9 Å². The Balaban J connectivity index is 2.64. The van der Waals surface area contributed by atoms with Crippen LogP contribution in [0.5, 0.6) is 0 Å². The van der Waals surface area contributed by atoms with Gasteiger partial charge in [-0.3, -0.25) is 9.69 Å². The Hall–Kier alpha value is -0.910. The molecule has 0 aliphatic carbocycles. The Labute approximate surface area is 136 Å². The van der Waals surface area contributed by atoms with Crippen molar-refractivity contribution in [3.8, 4) is 0 Å². The van der Waals surface area contributed by atoms with Gasteiger partial charge in [0.2, 0.25) is 5.91 Å². The molecule has 5 heteroatoms. The van der Waals surface area contributed by atoms with Crippen molar-refractivity contribution in [2.45, 2.75) is 32.9 Å². The average Bonchev–Trinajstić information content (AvgIpc) is 2.45. The van der Waals surface area contributed by atoms with Gasteiger partial charge in [-0.25, -0.2) is 0 Å². The fourth-order valence-corrected chi connectivity index (χ4v) is 2.83. The first-order valence-corrected chi connectivity index (χ1v) is 8.23. The second-order valence-electron chi connectivity index (χ2n) is 5.20. The zero-order chi connectivity index (χ0) is 15.8. The molecule has 1 aromatic rings. The highest BCUT2D eigenvalue weighted by Crippen LogP contribution is 2.15. The van der Waals surface area contributed by atoms with E-state index in [1.54, 1.807) is 0 Å². The third-order valence-corrected chi connectivity index (χ3v) is 4.24. The first kappa shape index (κ1) is 18.1. The van der Waals surface area contributed by atoms with Crippen LogP contribution in [-0.4, -0.2) is 48.4 Å². The summed E-state index contributed by atoms with van der Waals surface area (Å²) in [6, 6.07) is 8.27. The molecule has 1 unspecified atom stereocenters.